The second-order valence-corrected chi connectivity index (χ2v) is 7.31. The smallest absolute Gasteiger partial charge is 0.237 e. The molecule has 5 nitrogen and oxygen atoms in total. The number of amides is 1. The lowest BCUT2D eigenvalue weighted by atomic mass is 10.1. The molecule has 134 valence electrons. The topological polar surface area (TPSA) is 59.8 Å². The van der Waals surface area contributed by atoms with E-state index < -0.39 is 11.1 Å². The van der Waals surface area contributed by atoms with Gasteiger partial charge in [0, 0.05) is 0 Å². The van der Waals surface area contributed by atoms with Crippen LogP contribution in [0.3, 0.4) is 0 Å². The van der Waals surface area contributed by atoms with Gasteiger partial charge in [0.05, 0.1) is 16.6 Å². The standard InChI is InChI=1S/C19H19FN4OS/c1-12-8-9-17(13(2)10-12)24-11-21-23-19(24)26-14(3)18(25)22-16-7-5-4-6-15(16)20/h4-11,14H,1-3H3,(H,22,25). The molecule has 0 spiro atoms. The van der Waals surface area contributed by atoms with Crippen LogP contribution in [0.5, 0.6) is 0 Å². The van der Waals surface area contributed by atoms with Crippen LogP contribution >= 0.6 is 11.8 Å². The number of thioether (sulfide) groups is 1. The van der Waals surface area contributed by atoms with E-state index in [0.717, 1.165) is 11.3 Å². The van der Waals surface area contributed by atoms with E-state index >= 15 is 0 Å². The Balaban J connectivity index is 1.76. The zero-order chi connectivity index (χ0) is 18.7. The molecule has 0 saturated heterocycles. The van der Waals surface area contributed by atoms with Gasteiger partial charge in [0.2, 0.25) is 5.91 Å². The largest absolute Gasteiger partial charge is 0.323 e. The fraction of sp³-hybridized carbons (Fsp3) is 0.211. The summed E-state index contributed by atoms with van der Waals surface area (Å²) in [6.07, 6.45) is 1.63. The number of nitrogens with one attached hydrogen (secondary N) is 1. The van der Waals surface area contributed by atoms with Crippen molar-refractivity contribution in [3.8, 4) is 5.69 Å². The van der Waals surface area contributed by atoms with Gasteiger partial charge in [-0.05, 0) is 44.5 Å². The molecule has 0 aliphatic rings. The molecule has 0 saturated carbocycles. The number of carbonyl (C=O) groups is 1. The molecule has 1 atom stereocenters. The third kappa shape index (κ3) is 3.94. The predicted octanol–water partition coefficient (Wildman–Crippen LogP) is 4.14. The second kappa shape index (κ2) is 7.70. The first-order chi connectivity index (χ1) is 12.5. The monoisotopic (exact) mass is 370 g/mol. The van der Waals surface area contributed by atoms with E-state index in [-0.39, 0.29) is 11.6 Å². The van der Waals surface area contributed by atoms with E-state index in [1.165, 1.54) is 29.5 Å². The fourth-order valence-electron chi connectivity index (χ4n) is 2.55. The fourth-order valence-corrected chi connectivity index (χ4v) is 3.39. The number of hydrogen-bond donors (Lipinski definition) is 1. The highest BCUT2D eigenvalue weighted by Gasteiger charge is 2.20. The van der Waals surface area contributed by atoms with E-state index in [4.69, 9.17) is 0 Å². The molecule has 0 fully saturated rings. The summed E-state index contributed by atoms with van der Waals surface area (Å²) in [5.41, 5.74) is 3.40. The average Bonchev–Trinajstić information content (AvgIpc) is 3.04. The van der Waals surface area contributed by atoms with Gasteiger partial charge in [0.15, 0.2) is 5.16 Å². The first-order valence-corrected chi connectivity index (χ1v) is 9.03. The lowest BCUT2D eigenvalue weighted by molar-refractivity contribution is -0.115. The highest BCUT2D eigenvalue weighted by Crippen LogP contribution is 2.26. The van der Waals surface area contributed by atoms with Crippen LogP contribution in [-0.2, 0) is 4.79 Å². The Bertz CT molecular complexity index is 941. The van der Waals surface area contributed by atoms with Crippen LogP contribution in [0.15, 0.2) is 53.9 Å². The van der Waals surface area contributed by atoms with Crippen LogP contribution < -0.4 is 5.32 Å². The molecule has 3 aromatic rings. The molecule has 0 aliphatic heterocycles. The summed E-state index contributed by atoms with van der Waals surface area (Å²) in [7, 11) is 0. The molecular formula is C19H19FN4OS. The van der Waals surface area contributed by atoms with E-state index in [1.807, 2.05) is 30.5 Å². The number of hydrogen-bond acceptors (Lipinski definition) is 4. The third-order valence-electron chi connectivity index (χ3n) is 3.91. The van der Waals surface area contributed by atoms with Crippen molar-refractivity contribution in [3.63, 3.8) is 0 Å². The molecular weight excluding hydrogens is 351 g/mol. The van der Waals surface area contributed by atoms with Crippen LogP contribution in [0.4, 0.5) is 10.1 Å². The van der Waals surface area contributed by atoms with Gasteiger partial charge in [-0.2, -0.15) is 0 Å². The second-order valence-electron chi connectivity index (χ2n) is 6.00. The molecule has 3 rings (SSSR count). The summed E-state index contributed by atoms with van der Waals surface area (Å²) in [5.74, 6) is -0.758. The molecule has 1 heterocycles. The van der Waals surface area contributed by atoms with Crippen LogP contribution in [0.25, 0.3) is 5.69 Å². The minimum atomic E-state index is -0.469. The van der Waals surface area contributed by atoms with Crippen molar-refractivity contribution in [1.29, 1.82) is 0 Å². The Morgan fingerprint density at radius 1 is 1.23 bits per heavy atom. The van der Waals surface area contributed by atoms with Gasteiger partial charge < -0.3 is 5.32 Å². The molecule has 2 aromatic carbocycles. The van der Waals surface area contributed by atoms with Crippen molar-refractivity contribution in [2.24, 2.45) is 0 Å². The van der Waals surface area contributed by atoms with Gasteiger partial charge in [-0.1, -0.05) is 41.6 Å². The maximum Gasteiger partial charge on any atom is 0.237 e. The quantitative estimate of drug-likeness (QED) is 0.686. The zero-order valence-corrected chi connectivity index (χ0v) is 15.5. The molecule has 1 unspecified atom stereocenters. The Labute approximate surface area is 155 Å². The van der Waals surface area contributed by atoms with E-state index in [1.54, 1.807) is 25.4 Å². The first-order valence-electron chi connectivity index (χ1n) is 8.15. The van der Waals surface area contributed by atoms with E-state index in [2.05, 4.69) is 21.6 Å². The number of nitrogens with zero attached hydrogens (tertiary/aromatic N) is 3. The van der Waals surface area contributed by atoms with Gasteiger partial charge in [0.25, 0.3) is 0 Å². The summed E-state index contributed by atoms with van der Waals surface area (Å²) in [6.45, 7) is 5.81. The summed E-state index contributed by atoms with van der Waals surface area (Å²) < 4.78 is 15.6. The first kappa shape index (κ1) is 18.1. The minimum Gasteiger partial charge on any atom is -0.323 e. The zero-order valence-electron chi connectivity index (χ0n) is 14.7. The number of carbonyl (C=O) groups excluding carboxylic acids is 1. The minimum absolute atomic E-state index is 0.167. The van der Waals surface area contributed by atoms with Crippen molar-refractivity contribution in [3.05, 3.63) is 65.7 Å². The van der Waals surface area contributed by atoms with E-state index in [0.29, 0.717) is 5.16 Å². The number of rotatable bonds is 5. The molecule has 0 bridgehead atoms. The number of halogens is 1. The molecule has 26 heavy (non-hydrogen) atoms. The van der Waals surface area contributed by atoms with Gasteiger partial charge >= 0.3 is 0 Å². The average molecular weight is 370 g/mol. The number of aromatic nitrogens is 3. The molecule has 1 N–H and O–H groups in total. The Hall–Kier alpha value is -2.67. The Morgan fingerprint density at radius 2 is 2.00 bits per heavy atom. The van der Waals surface area contributed by atoms with Crippen LogP contribution in [-0.4, -0.2) is 25.9 Å². The van der Waals surface area contributed by atoms with Crippen molar-refractivity contribution in [2.45, 2.75) is 31.2 Å². The van der Waals surface area contributed by atoms with Crippen LogP contribution in [0.2, 0.25) is 0 Å². The van der Waals surface area contributed by atoms with Gasteiger partial charge in [0.1, 0.15) is 12.1 Å². The van der Waals surface area contributed by atoms with E-state index in [9.17, 15) is 9.18 Å². The van der Waals surface area contributed by atoms with Crippen molar-refractivity contribution >= 4 is 23.4 Å². The molecule has 0 radical (unpaired) electrons. The Morgan fingerprint density at radius 3 is 2.73 bits per heavy atom. The molecule has 1 aromatic heterocycles. The maximum atomic E-state index is 13.7. The summed E-state index contributed by atoms with van der Waals surface area (Å²) in [6, 6.07) is 12.2. The highest BCUT2D eigenvalue weighted by atomic mass is 32.2. The number of aryl methyl sites for hydroxylation is 2. The molecule has 0 aliphatic carbocycles. The van der Waals surface area contributed by atoms with Crippen LogP contribution in [0.1, 0.15) is 18.1 Å². The van der Waals surface area contributed by atoms with Crippen molar-refractivity contribution < 1.29 is 9.18 Å². The highest BCUT2D eigenvalue weighted by molar-refractivity contribution is 8.00. The summed E-state index contributed by atoms with van der Waals surface area (Å²) in [5, 5.41) is 10.8. The van der Waals surface area contributed by atoms with Crippen molar-refractivity contribution in [2.75, 3.05) is 5.32 Å². The predicted molar refractivity (Wildman–Crippen MR) is 101 cm³/mol. The Kier molecular flexibility index (Phi) is 5.37. The van der Waals surface area contributed by atoms with Crippen LogP contribution in [0, 0.1) is 19.7 Å². The maximum absolute atomic E-state index is 13.7. The number of anilines is 1. The normalized spacial score (nSPS) is 12.0. The molecule has 7 heteroatoms. The SMILES string of the molecule is Cc1ccc(-n2cnnc2SC(C)C(=O)Nc2ccccc2F)c(C)c1. The lowest BCUT2D eigenvalue weighted by Gasteiger charge is -2.14. The van der Waals surface area contributed by atoms with Gasteiger partial charge in [-0.3, -0.25) is 9.36 Å². The van der Waals surface area contributed by atoms with Gasteiger partial charge in [-0.25, -0.2) is 4.39 Å². The van der Waals surface area contributed by atoms with Gasteiger partial charge in [-0.15, -0.1) is 10.2 Å². The third-order valence-corrected chi connectivity index (χ3v) is 4.97. The molecule has 1 amide bonds. The van der Waals surface area contributed by atoms with Crippen molar-refractivity contribution in [1.82, 2.24) is 14.8 Å². The lowest BCUT2D eigenvalue weighted by Crippen LogP contribution is -2.23. The summed E-state index contributed by atoms with van der Waals surface area (Å²) >= 11 is 1.27. The summed E-state index contributed by atoms with van der Waals surface area (Å²) in [4.78, 5) is 12.4. The number of benzene rings is 2. The number of para-hydroxylation sites is 1.